The molecular weight excluding hydrogens is 328 g/mol. The number of hydrogen-bond donors (Lipinski definition) is 1. The molecule has 1 aliphatic heterocycles. The van der Waals surface area contributed by atoms with Crippen molar-refractivity contribution in [2.24, 2.45) is 0 Å². The second-order valence-corrected chi connectivity index (χ2v) is 7.46. The molecule has 2 unspecified atom stereocenters. The summed E-state index contributed by atoms with van der Waals surface area (Å²) in [4.78, 5) is 2.67. The van der Waals surface area contributed by atoms with E-state index in [2.05, 4.69) is 101 Å². The van der Waals surface area contributed by atoms with Crippen LogP contribution in [0.1, 0.15) is 16.7 Å². The maximum absolute atomic E-state index is 3.81. The number of nitrogens with one attached hydrogen (secondary N) is 1. The van der Waals surface area contributed by atoms with E-state index in [1.54, 1.807) is 0 Å². The molecule has 0 amide bonds. The maximum Gasteiger partial charge on any atom is 0.0297 e. The second-order valence-electron chi connectivity index (χ2n) is 7.46. The molecule has 0 bridgehead atoms. The Balaban J connectivity index is 1.56. The number of hydrogen-bond acceptors (Lipinski definition) is 2. The molecule has 1 fully saturated rings. The fraction of sp³-hybridized carbons (Fsp3) is 0.280. The molecule has 2 atom stereocenters. The lowest BCUT2D eigenvalue weighted by Gasteiger charge is -2.42. The minimum absolute atomic E-state index is 0.463. The van der Waals surface area contributed by atoms with Crippen molar-refractivity contribution in [3.8, 4) is 0 Å². The molecule has 0 saturated carbocycles. The minimum atomic E-state index is 0.463. The first kappa shape index (κ1) is 18.0. The Labute approximate surface area is 162 Å². The molecule has 1 aliphatic rings. The molecule has 0 aliphatic carbocycles. The number of nitrogens with zero attached hydrogens (tertiary/aromatic N) is 1. The van der Waals surface area contributed by atoms with E-state index in [1.165, 1.54) is 16.7 Å². The summed E-state index contributed by atoms with van der Waals surface area (Å²) in [5.41, 5.74) is 4.23. The van der Waals surface area contributed by atoms with Crippen LogP contribution >= 0.6 is 0 Å². The molecule has 2 heteroatoms. The van der Waals surface area contributed by atoms with Gasteiger partial charge in [-0.2, -0.15) is 0 Å². The van der Waals surface area contributed by atoms with E-state index in [-0.39, 0.29) is 0 Å². The Kier molecular flexibility index (Phi) is 5.98. The molecule has 1 heterocycles. The molecule has 1 N–H and O–H groups in total. The Morgan fingerprint density at radius 2 is 1.19 bits per heavy atom. The van der Waals surface area contributed by atoms with Gasteiger partial charge in [-0.1, -0.05) is 91.0 Å². The Bertz CT molecular complexity index is 752. The minimum Gasteiger partial charge on any atom is -0.311 e. The van der Waals surface area contributed by atoms with E-state index in [4.69, 9.17) is 0 Å². The highest BCUT2D eigenvalue weighted by Gasteiger charge is 2.31. The van der Waals surface area contributed by atoms with Crippen LogP contribution in [0.3, 0.4) is 0 Å². The molecule has 4 rings (SSSR count). The van der Waals surface area contributed by atoms with Gasteiger partial charge in [-0.25, -0.2) is 0 Å². The van der Waals surface area contributed by atoms with Crippen molar-refractivity contribution in [1.29, 1.82) is 0 Å². The SMILES string of the molecule is c1ccc(CC2NCCN(Cc3ccccc3)C2Cc2ccccc2)cc1. The fourth-order valence-corrected chi connectivity index (χ4v) is 4.17. The quantitative estimate of drug-likeness (QED) is 0.708. The first-order chi connectivity index (χ1) is 13.4. The van der Waals surface area contributed by atoms with Crippen LogP contribution in [0.5, 0.6) is 0 Å². The topological polar surface area (TPSA) is 15.3 Å². The summed E-state index contributed by atoms with van der Waals surface area (Å²) in [7, 11) is 0. The van der Waals surface area contributed by atoms with Crippen LogP contribution in [0.25, 0.3) is 0 Å². The molecule has 138 valence electrons. The molecule has 2 nitrogen and oxygen atoms in total. The summed E-state index contributed by atoms with van der Waals surface area (Å²) in [6.07, 6.45) is 2.15. The summed E-state index contributed by atoms with van der Waals surface area (Å²) in [6.45, 7) is 3.17. The number of rotatable bonds is 6. The van der Waals surface area contributed by atoms with E-state index in [1.807, 2.05) is 0 Å². The van der Waals surface area contributed by atoms with E-state index in [0.29, 0.717) is 12.1 Å². The van der Waals surface area contributed by atoms with Crippen molar-refractivity contribution in [1.82, 2.24) is 10.2 Å². The Hall–Kier alpha value is -2.42. The van der Waals surface area contributed by atoms with Crippen molar-refractivity contribution in [2.45, 2.75) is 31.5 Å². The molecule has 1 saturated heterocycles. The zero-order chi connectivity index (χ0) is 18.3. The highest BCUT2D eigenvalue weighted by molar-refractivity contribution is 5.21. The summed E-state index contributed by atoms with van der Waals surface area (Å²) in [5, 5.41) is 3.81. The van der Waals surface area contributed by atoms with Crippen LogP contribution in [0.4, 0.5) is 0 Å². The van der Waals surface area contributed by atoms with Gasteiger partial charge in [-0.3, -0.25) is 4.90 Å². The van der Waals surface area contributed by atoms with Crippen molar-refractivity contribution in [3.63, 3.8) is 0 Å². The van der Waals surface area contributed by atoms with E-state index < -0.39 is 0 Å². The van der Waals surface area contributed by atoms with Gasteiger partial charge >= 0.3 is 0 Å². The van der Waals surface area contributed by atoms with Gasteiger partial charge in [-0.15, -0.1) is 0 Å². The molecule has 3 aromatic carbocycles. The zero-order valence-electron chi connectivity index (χ0n) is 15.8. The highest BCUT2D eigenvalue weighted by atomic mass is 15.2. The van der Waals surface area contributed by atoms with Crippen molar-refractivity contribution in [2.75, 3.05) is 13.1 Å². The summed E-state index contributed by atoms with van der Waals surface area (Å²) < 4.78 is 0. The van der Waals surface area contributed by atoms with Gasteiger partial charge in [0.2, 0.25) is 0 Å². The third-order valence-corrected chi connectivity index (χ3v) is 5.55. The van der Waals surface area contributed by atoms with Gasteiger partial charge in [0.25, 0.3) is 0 Å². The molecular formula is C25H28N2. The Morgan fingerprint density at radius 1 is 0.667 bits per heavy atom. The maximum atomic E-state index is 3.81. The van der Waals surface area contributed by atoms with E-state index >= 15 is 0 Å². The van der Waals surface area contributed by atoms with Gasteiger partial charge in [0, 0.05) is 31.7 Å². The lowest BCUT2D eigenvalue weighted by molar-refractivity contribution is 0.110. The van der Waals surface area contributed by atoms with Crippen LogP contribution in [0.2, 0.25) is 0 Å². The van der Waals surface area contributed by atoms with Gasteiger partial charge in [0.05, 0.1) is 0 Å². The predicted molar refractivity (Wildman–Crippen MR) is 113 cm³/mol. The molecule has 0 aromatic heterocycles. The normalized spacial score (nSPS) is 20.4. The van der Waals surface area contributed by atoms with Gasteiger partial charge in [0.15, 0.2) is 0 Å². The standard InChI is InChI=1S/C25H28N2/c1-4-10-21(11-5-1)18-24-25(19-22-12-6-2-7-13-22)27(17-16-26-24)20-23-14-8-3-9-15-23/h1-15,24-26H,16-20H2. The molecule has 0 spiro atoms. The van der Waals surface area contributed by atoms with Gasteiger partial charge in [-0.05, 0) is 29.5 Å². The summed E-state index contributed by atoms with van der Waals surface area (Å²) in [5.74, 6) is 0. The number of piperazine rings is 1. The largest absolute Gasteiger partial charge is 0.311 e. The van der Waals surface area contributed by atoms with Crippen LogP contribution in [0, 0.1) is 0 Å². The molecule has 0 radical (unpaired) electrons. The first-order valence-corrected chi connectivity index (χ1v) is 9.98. The summed E-state index contributed by atoms with van der Waals surface area (Å²) >= 11 is 0. The fourth-order valence-electron chi connectivity index (χ4n) is 4.17. The third-order valence-electron chi connectivity index (χ3n) is 5.55. The van der Waals surface area contributed by atoms with Crippen molar-refractivity contribution < 1.29 is 0 Å². The molecule has 3 aromatic rings. The van der Waals surface area contributed by atoms with Gasteiger partial charge in [0.1, 0.15) is 0 Å². The predicted octanol–water partition coefficient (Wildman–Crippen LogP) is 4.31. The van der Waals surface area contributed by atoms with Crippen LogP contribution in [-0.2, 0) is 19.4 Å². The average molecular weight is 357 g/mol. The zero-order valence-corrected chi connectivity index (χ0v) is 15.8. The average Bonchev–Trinajstić information content (AvgIpc) is 2.73. The van der Waals surface area contributed by atoms with Crippen molar-refractivity contribution in [3.05, 3.63) is 108 Å². The van der Waals surface area contributed by atoms with Crippen molar-refractivity contribution >= 4 is 0 Å². The highest BCUT2D eigenvalue weighted by Crippen LogP contribution is 2.21. The third kappa shape index (κ3) is 4.85. The smallest absolute Gasteiger partial charge is 0.0297 e. The first-order valence-electron chi connectivity index (χ1n) is 9.98. The van der Waals surface area contributed by atoms with E-state index in [0.717, 1.165) is 32.5 Å². The summed E-state index contributed by atoms with van der Waals surface area (Å²) in [6, 6.07) is 33.6. The lowest BCUT2D eigenvalue weighted by atomic mass is 9.91. The lowest BCUT2D eigenvalue weighted by Crippen LogP contribution is -2.59. The Morgan fingerprint density at radius 3 is 1.78 bits per heavy atom. The molecule has 27 heavy (non-hydrogen) atoms. The number of benzene rings is 3. The second kappa shape index (κ2) is 8.98. The van der Waals surface area contributed by atoms with E-state index in [9.17, 15) is 0 Å². The van der Waals surface area contributed by atoms with Crippen LogP contribution in [-0.4, -0.2) is 30.1 Å². The van der Waals surface area contributed by atoms with Crippen LogP contribution in [0.15, 0.2) is 91.0 Å². The van der Waals surface area contributed by atoms with Gasteiger partial charge < -0.3 is 5.32 Å². The van der Waals surface area contributed by atoms with Crippen LogP contribution < -0.4 is 5.32 Å². The monoisotopic (exact) mass is 356 g/mol.